The van der Waals surface area contributed by atoms with Crippen molar-refractivity contribution in [3.63, 3.8) is 0 Å². The largest absolute Gasteiger partial charge is 0.379 e. The summed E-state index contributed by atoms with van der Waals surface area (Å²) in [4.78, 5) is 0. The van der Waals surface area contributed by atoms with Gasteiger partial charge in [0.15, 0.2) is 17.5 Å². The van der Waals surface area contributed by atoms with E-state index >= 15 is 0 Å². The zero-order valence-corrected chi connectivity index (χ0v) is 9.18. The van der Waals surface area contributed by atoms with Gasteiger partial charge in [-0.3, -0.25) is 0 Å². The fraction of sp³-hybridized carbons (Fsp3) is 0.0769. The van der Waals surface area contributed by atoms with Crippen LogP contribution in [0.5, 0.6) is 0 Å². The number of hydrogen-bond donors (Lipinski definition) is 1. The summed E-state index contributed by atoms with van der Waals surface area (Å²) in [5.74, 6) is -4.51. The van der Waals surface area contributed by atoms with E-state index in [-0.39, 0.29) is 17.8 Å². The summed E-state index contributed by atoms with van der Waals surface area (Å²) in [7, 11) is 0. The molecule has 0 aliphatic heterocycles. The van der Waals surface area contributed by atoms with E-state index in [1.807, 2.05) is 0 Å². The van der Waals surface area contributed by atoms with E-state index in [0.717, 1.165) is 12.1 Å². The first-order valence-electron chi connectivity index (χ1n) is 5.20. The van der Waals surface area contributed by atoms with Crippen LogP contribution < -0.4 is 5.32 Å². The molecule has 0 aromatic heterocycles. The Kier molecular flexibility index (Phi) is 3.50. The third-order valence-electron chi connectivity index (χ3n) is 2.40. The Labute approximate surface area is 101 Å². The van der Waals surface area contributed by atoms with Gasteiger partial charge in [-0.05, 0) is 29.8 Å². The molecule has 0 atom stereocenters. The highest BCUT2D eigenvalue weighted by molar-refractivity contribution is 5.44. The second-order valence-corrected chi connectivity index (χ2v) is 3.71. The molecule has 5 heteroatoms. The number of rotatable bonds is 3. The number of para-hydroxylation sites is 1. The second kappa shape index (κ2) is 5.08. The highest BCUT2D eigenvalue weighted by Crippen LogP contribution is 2.17. The molecule has 0 bridgehead atoms. The highest BCUT2D eigenvalue weighted by Gasteiger charge is 2.10. The van der Waals surface area contributed by atoms with E-state index < -0.39 is 23.3 Å². The molecule has 0 unspecified atom stereocenters. The Bertz CT molecular complexity index is 546. The standard InChI is InChI=1S/C13H9F4N/c14-9-3-1-2-4-12(9)18-7-8-5-10(15)13(17)11(16)6-8/h1-6,18H,7H2. The van der Waals surface area contributed by atoms with E-state index in [2.05, 4.69) is 5.32 Å². The molecule has 0 radical (unpaired) electrons. The van der Waals surface area contributed by atoms with Crippen LogP contribution in [0.15, 0.2) is 36.4 Å². The monoisotopic (exact) mass is 255 g/mol. The lowest BCUT2D eigenvalue weighted by atomic mass is 10.2. The summed E-state index contributed by atoms with van der Waals surface area (Å²) < 4.78 is 51.8. The molecular weight excluding hydrogens is 246 g/mol. The van der Waals surface area contributed by atoms with Crippen molar-refractivity contribution >= 4 is 5.69 Å². The van der Waals surface area contributed by atoms with Crippen LogP contribution in [0, 0.1) is 23.3 Å². The van der Waals surface area contributed by atoms with Crippen molar-refractivity contribution in [1.82, 2.24) is 0 Å². The van der Waals surface area contributed by atoms with Crippen molar-refractivity contribution in [2.45, 2.75) is 6.54 Å². The molecule has 2 aromatic rings. The summed E-state index contributed by atoms with van der Waals surface area (Å²) in [5.41, 5.74) is 0.400. The van der Waals surface area contributed by atoms with Gasteiger partial charge < -0.3 is 5.32 Å². The fourth-order valence-electron chi connectivity index (χ4n) is 1.51. The van der Waals surface area contributed by atoms with Crippen molar-refractivity contribution < 1.29 is 17.6 Å². The van der Waals surface area contributed by atoms with Crippen LogP contribution >= 0.6 is 0 Å². The number of hydrogen-bond acceptors (Lipinski definition) is 1. The van der Waals surface area contributed by atoms with Gasteiger partial charge in [-0.15, -0.1) is 0 Å². The summed E-state index contributed by atoms with van der Waals surface area (Å²) in [6, 6.07) is 7.63. The van der Waals surface area contributed by atoms with Gasteiger partial charge in [0.1, 0.15) is 5.82 Å². The molecule has 0 aliphatic rings. The van der Waals surface area contributed by atoms with E-state index in [9.17, 15) is 17.6 Å². The summed E-state index contributed by atoms with van der Waals surface area (Å²) in [6.45, 7) is -0.00491. The Morgan fingerprint density at radius 1 is 0.833 bits per heavy atom. The Hall–Kier alpha value is -2.04. The van der Waals surface area contributed by atoms with Crippen molar-refractivity contribution in [3.8, 4) is 0 Å². The molecule has 0 heterocycles. The van der Waals surface area contributed by atoms with Crippen LogP contribution in [0.25, 0.3) is 0 Å². The van der Waals surface area contributed by atoms with Crippen LogP contribution in [0.3, 0.4) is 0 Å². The minimum atomic E-state index is -1.51. The maximum atomic E-state index is 13.2. The lowest BCUT2D eigenvalue weighted by Gasteiger charge is -2.08. The van der Waals surface area contributed by atoms with Gasteiger partial charge >= 0.3 is 0 Å². The summed E-state index contributed by atoms with van der Waals surface area (Å²) in [5, 5.41) is 2.67. The second-order valence-electron chi connectivity index (χ2n) is 3.71. The third-order valence-corrected chi connectivity index (χ3v) is 2.40. The van der Waals surface area contributed by atoms with Gasteiger partial charge in [-0.25, -0.2) is 17.6 Å². The molecular formula is C13H9F4N. The first-order chi connectivity index (χ1) is 8.58. The minimum absolute atomic E-state index is 0.00491. The molecule has 0 fully saturated rings. The lowest BCUT2D eigenvalue weighted by molar-refractivity contribution is 0.445. The molecule has 0 saturated heterocycles. The van der Waals surface area contributed by atoms with E-state index in [1.54, 1.807) is 6.07 Å². The third kappa shape index (κ3) is 2.61. The van der Waals surface area contributed by atoms with Gasteiger partial charge in [-0.2, -0.15) is 0 Å². The van der Waals surface area contributed by atoms with E-state index in [4.69, 9.17) is 0 Å². The van der Waals surface area contributed by atoms with E-state index in [1.165, 1.54) is 18.2 Å². The first-order valence-corrected chi connectivity index (χ1v) is 5.20. The molecule has 0 amide bonds. The molecule has 2 rings (SSSR count). The van der Waals surface area contributed by atoms with Gasteiger partial charge in [0.2, 0.25) is 0 Å². The van der Waals surface area contributed by atoms with Crippen LogP contribution in [0.1, 0.15) is 5.56 Å². The SMILES string of the molecule is Fc1ccccc1NCc1cc(F)c(F)c(F)c1. The van der Waals surface area contributed by atoms with Gasteiger partial charge in [0, 0.05) is 6.54 Å². The summed E-state index contributed by atoms with van der Waals surface area (Å²) in [6.07, 6.45) is 0. The van der Waals surface area contributed by atoms with Crippen molar-refractivity contribution in [2.75, 3.05) is 5.32 Å². The van der Waals surface area contributed by atoms with Gasteiger partial charge in [0.25, 0.3) is 0 Å². The van der Waals surface area contributed by atoms with Crippen LogP contribution in [0.2, 0.25) is 0 Å². The number of halogens is 4. The summed E-state index contributed by atoms with van der Waals surface area (Å²) >= 11 is 0. The zero-order chi connectivity index (χ0) is 13.1. The predicted molar refractivity (Wildman–Crippen MR) is 60.0 cm³/mol. The molecule has 94 valence electrons. The molecule has 1 N–H and O–H groups in total. The van der Waals surface area contributed by atoms with Crippen LogP contribution in [-0.4, -0.2) is 0 Å². The lowest BCUT2D eigenvalue weighted by Crippen LogP contribution is -2.03. The molecule has 0 aliphatic carbocycles. The van der Waals surface area contributed by atoms with Gasteiger partial charge in [-0.1, -0.05) is 12.1 Å². The Morgan fingerprint density at radius 2 is 1.44 bits per heavy atom. The van der Waals surface area contributed by atoms with Gasteiger partial charge in [0.05, 0.1) is 5.69 Å². The van der Waals surface area contributed by atoms with Crippen molar-refractivity contribution in [3.05, 3.63) is 65.2 Å². The highest BCUT2D eigenvalue weighted by atomic mass is 19.2. The number of anilines is 1. The predicted octanol–water partition coefficient (Wildman–Crippen LogP) is 3.86. The number of benzene rings is 2. The quantitative estimate of drug-likeness (QED) is 0.648. The maximum absolute atomic E-state index is 13.2. The van der Waals surface area contributed by atoms with Crippen molar-refractivity contribution in [2.24, 2.45) is 0 Å². The minimum Gasteiger partial charge on any atom is -0.379 e. The topological polar surface area (TPSA) is 12.0 Å². The molecule has 0 saturated carbocycles. The van der Waals surface area contributed by atoms with Crippen LogP contribution in [-0.2, 0) is 6.54 Å². The Morgan fingerprint density at radius 3 is 2.06 bits per heavy atom. The van der Waals surface area contributed by atoms with E-state index in [0.29, 0.717) is 0 Å². The van der Waals surface area contributed by atoms with Crippen molar-refractivity contribution in [1.29, 1.82) is 0 Å². The average Bonchev–Trinajstić information content (AvgIpc) is 2.35. The molecule has 1 nitrogen and oxygen atoms in total. The molecule has 0 spiro atoms. The fourth-order valence-corrected chi connectivity index (χ4v) is 1.51. The smallest absolute Gasteiger partial charge is 0.194 e. The Balaban J connectivity index is 2.14. The number of nitrogens with one attached hydrogen (secondary N) is 1. The molecule has 2 aromatic carbocycles. The van der Waals surface area contributed by atoms with Crippen LogP contribution in [0.4, 0.5) is 23.2 Å². The zero-order valence-electron chi connectivity index (χ0n) is 9.18. The maximum Gasteiger partial charge on any atom is 0.194 e. The molecule has 18 heavy (non-hydrogen) atoms. The first kappa shape index (κ1) is 12.4. The average molecular weight is 255 g/mol. The normalized spacial score (nSPS) is 10.4.